The predicted octanol–water partition coefficient (Wildman–Crippen LogP) is 4.39. The van der Waals surface area contributed by atoms with Crippen molar-refractivity contribution in [2.45, 2.75) is 26.8 Å². The Bertz CT molecular complexity index is 1150. The summed E-state index contributed by atoms with van der Waals surface area (Å²) >= 11 is 0. The van der Waals surface area contributed by atoms with Gasteiger partial charge in [0.2, 0.25) is 0 Å². The molecule has 3 heterocycles. The first kappa shape index (κ1) is 17.9. The average Bonchev–Trinajstić information content (AvgIpc) is 3.06. The van der Waals surface area contributed by atoms with E-state index in [0.29, 0.717) is 6.54 Å². The molecule has 0 saturated carbocycles. The lowest BCUT2D eigenvalue weighted by molar-refractivity contribution is -0.136. The zero-order valence-electron chi connectivity index (χ0n) is 15.9. The molecule has 140 valence electrons. The first-order valence-corrected chi connectivity index (χ1v) is 9.20. The van der Waals surface area contributed by atoms with E-state index in [4.69, 9.17) is 4.98 Å². The largest absolute Gasteiger partial charge is 0.481 e. The van der Waals surface area contributed by atoms with E-state index < -0.39 is 5.97 Å². The molecule has 0 bridgehead atoms. The molecule has 3 aromatic heterocycles. The lowest BCUT2D eigenvalue weighted by Gasteiger charge is -2.14. The van der Waals surface area contributed by atoms with Crippen molar-refractivity contribution in [2.75, 3.05) is 0 Å². The third kappa shape index (κ3) is 3.39. The third-order valence-corrected chi connectivity index (χ3v) is 4.94. The normalized spacial score (nSPS) is 11.1. The molecule has 0 spiro atoms. The summed E-state index contributed by atoms with van der Waals surface area (Å²) in [6.07, 6.45) is 3.72. The molecule has 1 aromatic carbocycles. The maximum Gasteiger partial charge on any atom is 0.307 e. The first-order chi connectivity index (χ1) is 13.5. The van der Waals surface area contributed by atoms with Gasteiger partial charge in [-0.1, -0.05) is 35.9 Å². The zero-order valence-corrected chi connectivity index (χ0v) is 15.9. The Morgan fingerprint density at radius 2 is 1.86 bits per heavy atom. The van der Waals surface area contributed by atoms with Crippen LogP contribution in [-0.2, 0) is 17.8 Å². The molecule has 5 nitrogen and oxygen atoms in total. The Kier molecular flexibility index (Phi) is 4.65. The molecule has 0 atom stereocenters. The number of aromatic nitrogens is 3. The van der Waals surface area contributed by atoms with E-state index in [9.17, 15) is 9.90 Å². The van der Waals surface area contributed by atoms with Gasteiger partial charge in [-0.15, -0.1) is 0 Å². The van der Waals surface area contributed by atoms with Gasteiger partial charge in [0, 0.05) is 23.5 Å². The van der Waals surface area contributed by atoms with Gasteiger partial charge in [0.15, 0.2) is 0 Å². The smallest absolute Gasteiger partial charge is 0.307 e. The van der Waals surface area contributed by atoms with Crippen LogP contribution in [-0.4, -0.2) is 25.6 Å². The van der Waals surface area contributed by atoms with Gasteiger partial charge in [-0.05, 0) is 48.7 Å². The van der Waals surface area contributed by atoms with Crippen LogP contribution < -0.4 is 0 Å². The molecule has 0 amide bonds. The minimum Gasteiger partial charge on any atom is -0.481 e. The lowest BCUT2D eigenvalue weighted by Crippen LogP contribution is -2.08. The highest BCUT2D eigenvalue weighted by Gasteiger charge is 2.19. The molecule has 0 aliphatic rings. The second-order valence-corrected chi connectivity index (χ2v) is 6.99. The number of aliphatic carboxylic acids is 1. The van der Waals surface area contributed by atoms with Crippen LogP contribution in [0.2, 0.25) is 0 Å². The van der Waals surface area contributed by atoms with Crippen molar-refractivity contribution in [1.82, 2.24) is 14.5 Å². The Morgan fingerprint density at radius 1 is 1.07 bits per heavy atom. The SMILES string of the molecule is Cc1ccc(-c2c(CC(=O)O)c(C)nc3c2ccn3Cc2ccccn2)cc1. The highest BCUT2D eigenvalue weighted by molar-refractivity contribution is 5.97. The van der Waals surface area contributed by atoms with Crippen LogP contribution >= 0.6 is 0 Å². The number of hydrogen-bond acceptors (Lipinski definition) is 3. The summed E-state index contributed by atoms with van der Waals surface area (Å²) in [4.78, 5) is 20.7. The number of pyridine rings is 2. The molecule has 4 rings (SSSR count). The summed E-state index contributed by atoms with van der Waals surface area (Å²) in [7, 11) is 0. The molecule has 5 heteroatoms. The zero-order chi connectivity index (χ0) is 19.7. The van der Waals surface area contributed by atoms with E-state index in [0.717, 1.165) is 39.1 Å². The summed E-state index contributed by atoms with van der Waals surface area (Å²) in [6.45, 7) is 4.54. The number of carboxylic acids is 1. The fourth-order valence-corrected chi connectivity index (χ4v) is 3.57. The van der Waals surface area contributed by atoms with Crippen molar-refractivity contribution >= 4 is 17.0 Å². The van der Waals surface area contributed by atoms with Gasteiger partial charge in [0.1, 0.15) is 5.65 Å². The van der Waals surface area contributed by atoms with E-state index in [1.807, 2.05) is 68.6 Å². The fourth-order valence-electron chi connectivity index (χ4n) is 3.57. The van der Waals surface area contributed by atoms with Gasteiger partial charge in [0.25, 0.3) is 0 Å². The fraction of sp³-hybridized carbons (Fsp3) is 0.174. The van der Waals surface area contributed by atoms with Crippen LogP contribution in [0.4, 0.5) is 0 Å². The summed E-state index contributed by atoms with van der Waals surface area (Å²) in [5, 5.41) is 10.4. The van der Waals surface area contributed by atoms with Crippen molar-refractivity contribution in [3.8, 4) is 11.1 Å². The second-order valence-electron chi connectivity index (χ2n) is 6.99. The average molecular weight is 371 g/mol. The van der Waals surface area contributed by atoms with Crippen molar-refractivity contribution in [3.05, 3.63) is 83.4 Å². The Hall–Kier alpha value is -3.47. The molecule has 1 N–H and O–H groups in total. The molecule has 0 unspecified atom stereocenters. The number of fused-ring (bicyclic) bond motifs is 1. The molecule has 0 radical (unpaired) electrons. The van der Waals surface area contributed by atoms with Crippen LogP contribution in [0.25, 0.3) is 22.2 Å². The first-order valence-electron chi connectivity index (χ1n) is 9.20. The van der Waals surface area contributed by atoms with Gasteiger partial charge in [-0.2, -0.15) is 0 Å². The molecule has 0 aliphatic heterocycles. The summed E-state index contributed by atoms with van der Waals surface area (Å²) < 4.78 is 2.06. The summed E-state index contributed by atoms with van der Waals surface area (Å²) in [6, 6.07) is 16.1. The van der Waals surface area contributed by atoms with Crippen LogP contribution in [0, 0.1) is 13.8 Å². The van der Waals surface area contributed by atoms with Crippen molar-refractivity contribution in [2.24, 2.45) is 0 Å². The van der Waals surface area contributed by atoms with Crippen LogP contribution in [0.3, 0.4) is 0 Å². The molecule has 0 fully saturated rings. The van der Waals surface area contributed by atoms with Gasteiger partial charge in [0.05, 0.1) is 18.7 Å². The number of aryl methyl sites for hydroxylation is 2. The Morgan fingerprint density at radius 3 is 2.54 bits per heavy atom. The van der Waals surface area contributed by atoms with Crippen molar-refractivity contribution in [3.63, 3.8) is 0 Å². The van der Waals surface area contributed by atoms with E-state index in [1.54, 1.807) is 6.20 Å². The molecule has 4 aromatic rings. The standard InChI is InChI=1S/C23H21N3O2/c1-15-6-8-17(9-7-15)22-19-10-12-26(14-18-5-3-4-11-24-18)23(19)25-16(2)20(22)13-21(27)28/h3-12H,13-14H2,1-2H3,(H,27,28). The van der Waals surface area contributed by atoms with Crippen LogP contribution in [0.1, 0.15) is 22.5 Å². The maximum atomic E-state index is 11.5. The van der Waals surface area contributed by atoms with Crippen molar-refractivity contribution in [1.29, 1.82) is 0 Å². The number of carboxylic acid groups (broad SMARTS) is 1. The monoisotopic (exact) mass is 371 g/mol. The summed E-state index contributed by atoms with van der Waals surface area (Å²) in [5.41, 5.74) is 6.42. The lowest BCUT2D eigenvalue weighted by atomic mass is 9.94. The summed E-state index contributed by atoms with van der Waals surface area (Å²) in [5.74, 6) is -0.856. The van der Waals surface area contributed by atoms with Gasteiger partial charge < -0.3 is 9.67 Å². The van der Waals surface area contributed by atoms with Crippen LogP contribution in [0.15, 0.2) is 60.9 Å². The number of carbonyl (C=O) groups is 1. The minimum absolute atomic E-state index is 0.0522. The minimum atomic E-state index is -0.856. The quantitative estimate of drug-likeness (QED) is 0.565. The van der Waals surface area contributed by atoms with Gasteiger partial charge in [-0.3, -0.25) is 9.78 Å². The van der Waals surface area contributed by atoms with Crippen LogP contribution in [0.5, 0.6) is 0 Å². The topological polar surface area (TPSA) is 68.0 Å². The number of hydrogen-bond donors (Lipinski definition) is 1. The third-order valence-electron chi connectivity index (χ3n) is 4.94. The number of rotatable bonds is 5. The van der Waals surface area contributed by atoms with E-state index in [2.05, 4.69) is 9.55 Å². The van der Waals surface area contributed by atoms with E-state index >= 15 is 0 Å². The maximum absolute atomic E-state index is 11.5. The van der Waals surface area contributed by atoms with Gasteiger partial charge in [-0.25, -0.2) is 4.98 Å². The van der Waals surface area contributed by atoms with Crippen molar-refractivity contribution < 1.29 is 9.90 Å². The highest BCUT2D eigenvalue weighted by Crippen LogP contribution is 2.34. The van der Waals surface area contributed by atoms with Gasteiger partial charge >= 0.3 is 5.97 Å². The Labute approximate surface area is 163 Å². The Balaban J connectivity index is 1.92. The second kappa shape index (κ2) is 7.27. The molecular weight excluding hydrogens is 350 g/mol. The molecule has 0 saturated heterocycles. The van der Waals surface area contributed by atoms with E-state index in [-0.39, 0.29) is 6.42 Å². The molecular formula is C23H21N3O2. The molecule has 28 heavy (non-hydrogen) atoms. The molecule has 0 aliphatic carbocycles. The van der Waals surface area contributed by atoms with E-state index in [1.165, 1.54) is 5.56 Å². The highest BCUT2D eigenvalue weighted by atomic mass is 16.4. The number of nitrogens with zero attached hydrogens (tertiary/aromatic N) is 3. The predicted molar refractivity (Wildman–Crippen MR) is 109 cm³/mol. The number of benzene rings is 1.